The molecule has 1 amide bonds. The summed E-state index contributed by atoms with van der Waals surface area (Å²) in [5.41, 5.74) is 2.98. The van der Waals surface area contributed by atoms with Gasteiger partial charge in [0.05, 0.1) is 29.3 Å². The van der Waals surface area contributed by atoms with Crippen LogP contribution in [0.5, 0.6) is 0 Å². The van der Waals surface area contributed by atoms with E-state index in [2.05, 4.69) is 4.74 Å². The minimum Gasteiger partial charge on any atom is -0.465 e. The zero-order valence-electron chi connectivity index (χ0n) is 13.5. The summed E-state index contributed by atoms with van der Waals surface area (Å²) in [6, 6.07) is 8.09. The molecule has 0 saturated heterocycles. The van der Waals surface area contributed by atoms with Gasteiger partial charge in [-0.1, -0.05) is 23.7 Å². The van der Waals surface area contributed by atoms with Crippen LogP contribution in [0.2, 0.25) is 5.02 Å². The van der Waals surface area contributed by atoms with Crippen LogP contribution >= 0.6 is 11.6 Å². The van der Waals surface area contributed by atoms with Crippen molar-refractivity contribution in [2.75, 3.05) is 7.11 Å². The van der Waals surface area contributed by atoms with Crippen molar-refractivity contribution >= 4 is 23.5 Å². The van der Waals surface area contributed by atoms with Crippen molar-refractivity contribution in [2.24, 2.45) is 0 Å². The molecule has 4 rings (SSSR count). The highest BCUT2D eigenvalue weighted by Gasteiger charge is 2.38. The van der Waals surface area contributed by atoms with E-state index in [4.69, 9.17) is 11.6 Å². The second-order valence-corrected chi connectivity index (χ2v) is 6.69. The number of amides is 1. The molecule has 0 unspecified atom stereocenters. The van der Waals surface area contributed by atoms with Crippen molar-refractivity contribution in [3.8, 4) is 0 Å². The van der Waals surface area contributed by atoms with Crippen LogP contribution in [-0.2, 0) is 17.7 Å². The van der Waals surface area contributed by atoms with Gasteiger partial charge < -0.3 is 9.64 Å². The van der Waals surface area contributed by atoms with Crippen LogP contribution < -0.4 is 0 Å². The first-order valence-electron chi connectivity index (χ1n) is 8.00. The van der Waals surface area contributed by atoms with Crippen LogP contribution in [0.3, 0.4) is 0 Å². The fraction of sp³-hybridized carbons (Fsp3) is 0.263. The zero-order valence-corrected chi connectivity index (χ0v) is 14.3. The Labute approximate surface area is 149 Å². The van der Waals surface area contributed by atoms with Crippen molar-refractivity contribution in [1.29, 1.82) is 0 Å². The molecule has 1 aliphatic carbocycles. The fourth-order valence-corrected chi connectivity index (χ4v) is 4.06. The van der Waals surface area contributed by atoms with E-state index >= 15 is 0 Å². The summed E-state index contributed by atoms with van der Waals surface area (Å²) in [5, 5.41) is 0.440. The van der Waals surface area contributed by atoms with Gasteiger partial charge in [-0.15, -0.1) is 0 Å². The van der Waals surface area contributed by atoms with Gasteiger partial charge in [-0.05, 0) is 47.7 Å². The molecule has 2 aliphatic rings. The molecule has 2 aromatic rings. The number of aryl methyl sites for hydroxylation is 1. The van der Waals surface area contributed by atoms with Crippen LogP contribution in [0.25, 0.3) is 0 Å². The lowest BCUT2D eigenvalue weighted by Gasteiger charge is -2.25. The van der Waals surface area contributed by atoms with Gasteiger partial charge in [0.1, 0.15) is 5.82 Å². The predicted octanol–water partition coefficient (Wildman–Crippen LogP) is 3.91. The van der Waals surface area contributed by atoms with Gasteiger partial charge in [0.25, 0.3) is 5.91 Å². The Hall–Kier alpha value is -2.40. The number of methoxy groups -OCH3 is 1. The molecule has 0 N–H and O–H groups in total. The topological polar surface area (TPSA) is 46.6 Å². The maximum Gasteiger partial charge on any atom is 0.340 e. The number of benzene rings is 2. The molecule has 0 spiro atoms. The van der Waals surface area contributed by atoms with E-state index in [0.717, 1.165) is 16.7 Å². The molecule has 2 aromatic carbocycles. The number of fused-ring (bicyclic) bond motifs is 2. The van der Waals surface area contributed by atoms with Gasteiger partial charge >= 0.3 is 5.97 Å². The Morgan fingerprint density at radius 2 is 2.12 bits per heavy atom. The van der Waals surface area contributed by atoms with Crippen molar-refractivity contribution in [2.45, 2.75) is 25.4 Å². The molecule has 6 heteroatoms. The smallest absolute Gasteiger partial charge is 0.340 e. The highest BCUT2D eigenvalue weighted by Crippen LogP contribution is 2.42. The summed E-state index contributed by atoms with van der Waals surface area (Å²) in [4.78, 5) is 26.2. The first kappa shape index (κ1) is 16.1. The van der Waals surface area contributed by atoms with Gasteiger partial charge in [-0.25, -0.2) is 9.18 Å². The van der Waals surface area contributed by atoms with Crippen LogP contribution in [0.4, 0.5) is 4.39 Å². The second-order valence-electron chi connectivity index (χ2n) is 6.28. The first-order valence-corrected chi connectivity index (χ1v) is 8.38. The van der Waals surface area contributed by atoms with Crippen molar-refractivity contribution in [3.63, 3.8) is 0 Å². The first-order chi connectivity index (χ1) is 12.0. The lowest BCUT2D eigenvalue weighted by molar-refractivity contribution is 0.0594. The monoisotopic (exact) mass is 359 g/mol. The third-order valence-electron chi connectivity index (χ3n) is 4.97. The number of esters is 1. The number of hydrogen-bond donors (Lipinski definition) is 0. The van der Waals surface area contributed by atoms with Crippen LogP contribution in [0.1, 0.15) is 49.9 Å². The number of hydrogen-bond acceptors (Lipinski definition) is 3. The summed E-state index contributed by atoms with van der Waals surface area (Å²) in [5.74, 6) is -1.45. The zero-order chi connectivity index (χ0) is 17.7. The Morgan fingerprint density at radius 1 is 1.32 bits per heavy atom. The summed E-state index contributed by atoms with van der Waals surface area (Å²) < 4.78 is 19.0. The fourth-order valence-electron chi connectivity index (χ4n) is 3.79. The maximum absolute atomic E-state index is 14.3. The molecule has 0 radical (unpaired) electrons. The van der Waals surface area contributed by atoms with E-state index in [-0.39, 0.29) is 17.5 Å². The Kier molecular flexibility index (Phi) is 3.76. The van der Waals surface area contributed by atoms with Crippen LogP contribution in [0.15, 0.2) is 30.3 Å². The Balaban J connectivity index is 1.71. The number of rotatable bonds is 2. The van der Waals surface area contributed by atoms with Gasteiger partial charge in [-0.2, -0.15) is 0 Å². The van der Waals surface area contributed by atoms with Crippen LogP contribution in [-0.4, -0.2) is 23.9 Å². The van der Waals surface area contributed by atoms with Crippen molar-refractivity contribution in [1.82, 2.24) is 4.90 Å². The van der Waals surface area contributed by atoms with Gasteiger partial charge in [0.2, 0.25) is 0 Å². The van der Waals surface area contributed by atoms with E-state index in [0.29, 0.717) is 30.0 Å². The molecular formula is C19H15ClFNO3. The molecule has 0 bridgehead atoms. The lowest BCUT2D eigenvalue weighted by Crippen LogP contribution is -2.28. The van der Waals surface area contributed by atoms with E-state index in [9.17, 15) is 14.0 Å². The minimum absolute atomic E-state index is 0.0685. The quantitative estimate of drug-likeness (QED) is 0.764. The van der Waals surface area contributed by atoms with Gasteiger partial charge in [0.15, 0.2) is 0 Å². The van der Waals surface area contributed by atoms with Gasteiger partial charge in [-0.3, -0.25) is 4.79 Å². The number of carbonyl (C=O) groups excluding carboxylic acids is 2. The maximum atomic E-state index is 14.3. The SMILES string of the molecule is COC(=O)c1cc2c(cc1F)[C@H](N1Cc3cccc(Cl)c3C1=O)CC2. The highest BCUT2D eigenvalue weighted by atomic mass is 35.5. The number of nitrogens with zero attached hydrogens (tertiary/aromatic N) is 1. The van der Waals surface area contributed by atoms with Gasteiger partial charge in [0, 0.05) is 6.54 Å². The molecule has 0 aromatic heterocycles. The number of ether oxygens (including phenoxy) is 1. The van der Waals surface area contributed by atoms with E-state index in [1.807, 2.05) is 12.1 Å². The average molecular weight is 360 g/mol. The third kappa shape index (κ3) is 2.42. The summed E-state index contributed by atoms with van der Waals surface area (Å²) in [6.07, 6.45) is 1.37. The van der Waals surface area contributed by atoms with Crippen LogP contribution in [0, 0.1) is 5.82 Å². The Bertz CT molecular complexity index is 912. The van der Waals surface area contributed by atoms with E-state index in [1.54, 1.807) is 11.0 Å². The van der Waals surface area contributed by atoms with E-state index in [1.165, 1.54) is 19.2 Å². The summed E-state index contributed by atoms with van der Waals surface area (Å²) in [7, 11) is 1.22. The molecule has 128 valence electrons. The second kappa shape index (κ2) is 5.85. The predicted molar refractivity (Wildman–Crippen MR) is 90.1 cm³/mol. The molecule has 1 atom stereocenters. The van der Waals surface area contributed by atoms with E-state index < -0.39 is 11.8 Å². The summed E-state index contributed by atoms with van der Waals surface area (Å²) >= 11 is 6.17. The van der Waals surface area contributed by atoms with Crippen molar-refractivity contribution in [3.05, 3.63) is 69.0 Å². The normalized spacial score (nSPS) is 18.3. The Morgan fingerprint density at radius 3 is 2.84 bits per heavy atom. The molecule has 4 nitrogen and oxygen atoms in total. The summed E-state index contributed by atoms with van der Waals surface area (Å²) in [6.45, 7) is 0.458. The molecule has 0 saturated carbocycles. The van der Waals surface area contributed by atoms with Crippen molar-refractivity contribution < 1.29 is 18.7 Å². The average Bonchev–Trinajstić information content (AvgIpc) is 3.14. The molecule has 1 heterocycles. The number of halogens is 2. The standard InChI is InChI=1S/C19H15ClFNO3/c1-25-19(24)13-7-10-5-6-16(12(10)8-15(13)21)22-9-11-3-2-4-14(20)17(11)18(22)23/h2-4,7-8,16H,5-6,9H2,1H3/t16-/m1/s1. The number of carbonyl (C=O) groups is 2. The lowest BCUT2D eigenvalue weighted by atomic mass is 10.0. The molecule has 25 heavy (non-hydrogen) atoms. The molecular weight excluding hydrogens is 345 g/mol. The molecule has 1 aliphatic heterocycles. The largest absolute Gasteiger partial charge is 0.465 e. The molecule has 0 fully saturated rings. The third-order valence-corrected chi connectivity index (χ3v) is 5.29. The highest BCUT2D eigenvalue weighted by molar-refractivity contribution is 6.34. The minimum atomic E-state index is -0.694.